The van der Waals surface area contributed by atoms with Gasteiger partial charge in [0.2, 0.25) is 0 Å². The third-order valence-electron chi connectivity index (χ3n) is 1.36. The highest BCUT2D eigenvalue weighted by molar-refractivity contribution is 7.79. The molecule has 0 bridgehead atoms. The molecule has 1 heterocycles. The first-order valence-electron chi connectivity index (χ1n) is 3.77. The van der Waals surface area contributed by atoms with Crippen LogP contribution in [0.15, 0.2) is 0 Å². The van der Waals surface area contributed by atoms with Crippen LogP contribution in [0.25, 0.3) is 0 Å². The van der Waals surface area contributed by atoms with Gasteiger partial charge < -0.3 is 10.5 Å². The van der Waals surface area contributed by atoms with Crippen molar-refractivity contribution >= 4 is 28.9 Å². The Bertz CT molecular complexity index is 276. The molecule has 2 N–H and O–H groups in total. The van der Waals surface area contributed by atoms with Crippen molar-refractivity contribution in [2.75, 3.05) is 7.11 Å². The molecule has 1 rings (SSSR count). The number of hydrogen-bond donors (Lipinski definition) is 1. The summed E-state index contributed by atoms with van der Waals surface area (Å²) in [6.07, 6.45) is 0.658. The Morgan fingerprint density at radius 1 is 1.62 bits per heavy atom. The molecule has 0 aliphatic carbocycles. The fraction of sp³-hybridized carbons (Fsp3) is 0.571. The van der Waals surface area contributed by atoms with Gasteiger partial charge in [0.05, 0.1) is 6.61 Å². The lowest BCUT2D eigenvalue weighted by Crippen LogP contribution is -2.23. The molecule has 0 fully saturated rings. The summed E-state index contributed by atoms with van der Waals surface area (Å²) in [5, 5.41) is 11.2. The van der Waals surface area contributed by atoms with Crippen molar-refractivity contribution in [3.05, 3.63) is 10.0 Å². The summed E-state index contributed by atoms with van der Waals surface area (Å²) in [4.78, 5) is 0. The third-order valence-corrected chi connectivity index (χ3v) is 2.63. The molecule has 72 valence electrons. The van der Waals surface area contributed by atoms with E-state index in [2.05, 4.69) is 10.2 Å². The lowest BCUT2D eigenvalue weighted by molar-refractivity contribution is 0.184. The van der Waals surface area contributed by atoms with Crippen molar-refractivity contribution in [3.63, 3.8) is 0 Å². The van der Waals surface area contributed by atoms with Gasteiger partial charge in [-0.3, -0.25) is 0 Å². The summed E-state index contributed by atoms with van der Waals surface area (Å²) in [6, 6.07) is -0.113. The van der Waals surface area contributed by atoms with E-state index in [-0.39, 0.29) is 6.04 Å². The fourth-order valence-corrected chi connectivity index (χ4v) is 1.79. The molecule has 1 aromatic heterocycles. The van der Waals surface area contributed by atoms with Crippen LogP contribution in [0.2, 0.25) is 0 Å². The van der Waals surface area contributed by atoms with Gasteiger partial charge in [-0.15, -0.1) is 10.2 Å². The van der Waals surface area contributed by atoms with Crippen LogP contribution < -0.4 is 5.73 Å². The van der Waals surface area contributed by atoms with Crippen molar-refractivity contribution in [3.8, 4) is 0 Å². The minimum absolute atomic E-state index is 0.113. The van der Waals surface area contributed by atoms with E-state index in [9.17, 15) is 0 Å². The van der Waals surface area contributed by atoms with Crippen molar-refractivity contribution in [2.24, 2.45) is 5.73 Å². The van der Waals surface area contributed by atoms with Crippen LogP contribution in [0.3, 0.4) is 0 Å². The fourth-order valence-electron chi connectivity index (χ4n) is 0.802. The second-order valence-electron chi connectivity index (χ2n) is 2.53. The lowest BCUT2D eigenvalue weighted by Gasteiger charge is -1.98. The first-order chi connectivity index (χ1) is 6.26. The van der Waals surface area contributed by atoms with Crippen molar-refractivity contribution in [1.29, 1.82) is 0 Å². The number of aromatic nitrogens is 2. The van der Waals surface area contributed by atoms with Crippen LogP contribution in [0.1, 0.15) is 10.0 Å². The predicted octanol–water partition coefficient (Wildman–Crippen LogP) is 0.554. The molecular weight excluding hydrogens is 206 g/mol. The molecule has 4 nitrogen and oxygen atoms in total. The SMILES string of the molecule is COCc1nnc(CC(N)C=S)s1. The van der Waals surface area contributed by atoms with E-state index >= 15 is 0 Å². The van der Waals surface area contributed by atoms with Gasteiger partial charge in [-0.25, -0.2) is 0 Å². The largest absolute Gasteiger partial charge is 0.377 e. The van der Waals surface area contributed by atoms with E-state index in [1.807, 2.05) is 0 Å². The van der Waals surface area contributed by atoms with Crippen LogP contribution in [-0.4, -0.2) is 28.7 Å². The summed E-state index contributed by atoms with van der Waals surface area (Å²) in [6.45, 7) is 0.504. The van der Waals surface area contributed by atoms with E-state index in [0.717, 1.165) is 10.0 Å². The van der Waals surface area contributed by atoms with Gasteiger partial charge >= 0.3 is 0 Å². The zero-order valence-corrected chi connectivity index (χ0v) is 8.90. The van der Waals surface area contributed by atoms with Crippen molar-refractivity contribution in [2.45, 2.75) is 19.1 Å². The molecule has 6 heteroatoms. The van der Waals surface area contributed by atoms with Crippen LogP contribution in [-0.2, 0) is 17.8 Å². The van der Waals surface area contributed by atoms with Crippen molar-refractivity contribution < 1.29 is 4.74 Å². The molecule has 1 atom stereocenters. The molecule has 1 unspecified atom stereocenters. The Hall–Kier alpha value is -0.430. The number of nitrogens with zero attached hydrogens (tertiary/aromatic N) is 2. The van der Waals surface area contributed by atoms with E-state index in [1.54, 1.807) is 7.11 Å². The zero-order valence-electron chi connectivity index (χ0n) is 7.27. The molecule has 0 amide bonds. The highest BCUT2D eigenvalue weighted by atomic mass is 32.1. The standard InChI is InChI=1S/C7H11N3OS2/c1-11-3-7-10-9-6(13-7)2-5(8)4-12/h4-5H,2-3,8H2,1H3. The molecule has 0 radical (unpaired) electrons. The van der Waals surface area contributed by atoms with E-state index in [1.165, 1.54) is 16.7 Å². The topological polar surface area (TPSA) is 61.0 Å². The van der Waals surface area contributed by atoms with Crippen LogP contribution in [0, 0.1) is 0 Å². The number of thiocarbonyl (C=S) groups is 1. The quantitative estimate of drug-likeness (QED) is 0.730. The maximum absolute atomic E-state index is 5.64. The number of methoxy groups -OCH3 is 1. The van der Waals surface area contributed by atoms with E-state index in [4.69, 9.17) is 22.7 Å². The summed E-state index contributed by atoms with van der Waals surface area (Å²) >= 11 is 6.22. The highest BCUT2D eigenvalue weighted by Crippen LogP contribution is 2.11. The Balaban J connectivity index is 2.53. The third kappa shape index (κ3) is 3.43. The number of ether oxygens (including phenoxy) is 1. The van der Waals surface area contributed by atoms with Gasteiger partial charge in [0.25, 0.3) is 0 Å². The molecular formula is C7H11N3OS2. The molecule has 0 aromatic carbocycles. The number of hydrogen-bond acceptors (Lipinski definition) is 6. The van der Waals surface area contributed by atoms with Gasteiger partial charge in [-0.05, 0) is 5.37 Å². The average molecular weight is 217 g/mol. The summed E-state index contributed by atoms with van der Waals surface area (Å²) in [5.74, 6) is 0. The number of rotatable bonds is 5. The van der Waals surface area contributed by atoms with Crippen LogP contribution >= 0.6 is 23.6 Å². The van der Waals surface area contributed by atoms with E-state index < -0.39 is 0 Å². The van der Waals surface area contributed by atoms with Gasteiger partial charge in [-0.1, -0.05) is 23.6 Å². The Morgan fingerprint density at radius 2 is 2.31 bits per heavy atom. The van der Waals surface area contributed by atoms with Gasteiger partial charge in [0.1, 0.15) is 10.0 Å². The summed E-state index contributed by atoms with van der Waals surface area (Å²) in [5.41, 5.74) is 5.64. The van der Waals surface area contributed by atoms with Crippen LogP contribution in [0.5, 0.6) is 0 Å². The number of nitrogens with two attached hydrogens (primary N) is 1. The molecule has 0 saturated carbocycles. The predicted molar refractivity (Wildman–Crippen MR) is 56.0 cm³/mol. The molecule has 0 aliphatic heterocycles. The Labute approximate surface area is 86.1 Å². The Kier molecular flexibility index (Phi) is 4.37. The Morgan fingerprint density at radius 3 is 2.92 bits per heavy atom. The minimum atomic E-state index is -0.113. The smallest absolute Gasteiger partial charge is 0.143 e. The minimum Gasteiger partial charge on any atom is -0.377 e. The maximum Gasteiger partial charge on any atom is 0.143 e. The second kappa shape index (κ2) is 5.33. The molecule has 1 aromatic rings. The van der Waals surface area contributed by atoms with Crippen molar-refractivity contribution in [1.82, 2.24) is 10.2 Å². The molecule has 13 heavy (non-hydrogen) atoms. The second-order valence-corrected chi connectivity index (χ2v) is 3.95. The molecule has 0 spiro atoms. The van der Waals surface area contributed by atoms with Crippen LogP contribution in [0.4, 0.5) is 0 Å². The average Bonchev–Trinajstić information content (AvgIpc) is 2.53. The highest BCUT2D eigenvalue weighted by Gasteiger charge is 2.06. The summed E-state index contributed by atoms with van der Waals surface area (Å²) < 4.78 is 4.92. The first kappa shape index (κ1) is 10.6. The zero-order chi connectivity index (χ0) is 9.68. The maximum atomic E-state index is 5.64. The first-order valence-corrected chi connectivity index (χ1v) is 5.06. The van der Waals surface area contributed by atoms with E-state index in [0.29, 0.717) is 13.0 Å². The normalized spacial score (nSPS) is 12.8. The molecule has 0 aliphatic rings. The van der Waals surface area contributed by atoms with Gasteiger partial charge in [0, 0.05) is 19.6 Å². The summed E-state index contributed by atoms with van der Waals surface area (Å²) in [7, 11) is 1.63. The monoisotopic (exact) mass is 217 g/mol. The molecule has 0 saturated heterocycles. The van der Waals surface area contributed by atoms with Gasteiger partial charge in [0.15, 0.2) is 0 Å². The van der Waals surface area contributed by atoms with Gasteiger partial charge in [-0.2, -0.15) is 0 Å². The lowest BCUT2D eigenvalue weighted by atomic mass is 10.3.